The molecule has 0 aliphatic carbocycles. The Morgan fingerprint density at radius 1 is 1.00 bits per heavy atom. The van der Waals surface area contributed by atoms with Gasteiger partial charge in [-0.25, -0.2) is 9.97 Å². The molecule has 2 N–H and O–H groups in total. The van der Waals surface area contributed by atoms with Gasteiger partial charge in [-0.3, -0.25) is 0 Å². The van der Waals surface area contributed by atoms with Crippen molar-refractivity contribution in [2.45, 2.75) is 0 Å². The van der Waals surface area contributed by atoms with E-state index in [0.29, 0.717) is 22.1 Å². The number of anilines is 1. The number of nitrogens with two attached hydrogens (primary N) is 1. The molecule has 0 atom stereocenters. The van der Waals surface area contributed by atoms with E-state index in [1.165, 1.54) is 0 Å². The number of nitriles is 1. The first-order valence-electron chi connectivity index (χ1n) is 6.30. The standard InChI is InChI=1S/C15H9ClN6/c16-12-7-11(5-6-19-12)14-13(20-15(18)22-21-14)10-3-1-9(8-17)2-4-10/h1-7H,(H2,18,20,22). The van der Waals surface area contributed by atoms with Crippen LogP contribution in [0.3, 0.4) is 0 Å². The van der Waals surface area contributed by atoms with E-state index in [0.717, 1.165) is 11.1 Å². The fourth-order valence-electron chi connectivity index (χ4n) is 1.99. The van der Waals surface area contributed by atoms with Crippen molar-refractivity contribution in [2.24, 2.45) is 0 Å². The summed E-state index contributed by atoms with van der Waals surface area (Å²) in [6.07, 6.45) is 1.58. The summed E-state index contributed by atoms with van der Waals surface area (Å²) >= 11 is 5.92. The first-order valence-corrected chi connectivity index (χ1v) is 6.68. The smallest absolute Gasteiger partial charge is 0.240 e. The topological polar surface area (TPSA) is 101 Å². The fourth-order valence-corrected chi connectivity index (χ4v) is 2.16. The third-order valence-electron chi connectivity index (χ3n) is 2.99. The minimum atomic E-state index is 0.0725. The molecule has 2 heterocycles. The van der Waals surface area contributed by atoms with Crippen molar-refractivity contribution in [3.8, 4) is 28.6 Å². The molecule has 106 valence electrons. The summed E-state index contributed by atoms with van der Waals surface area (Å²) in [5.74, 6) is 0.0725. The summed E-state index contributed by atoms with van der Waals surface area (Å²) in [7, 11) is 0. The Morgan fingerprint density at radius 3 is 2.45 bits per heavy atom. The highest BCUT2D eigenvalue weighted by Gasteiger charge is 2.13. The Balaban J connectivity index is 2.18. The van der Waals surface area contributed by atoms with E-state index in [1.807, 2.05) is 0 Å². The van der Waals surface area contributed by atoms with Gasteiger partial charge in [0.15, 0.2) is 0 Å². The first kappa shape index (κ1) is 13.9. The average molecular weight is 309 g/mol. The summed E-state index contributed by atoms with van der Waals surface area (Å²) in [5.41, 5.74) is 8.85. The van der Waals surface area contributed by atoms with Gasteiger partial charge in [0, 0.05) is 17.3 Å². The number of hydrogen-bond donors (Lipinski definition) is 1. The highest BCUT2D eigenvalue weighted by Crippen LogP contribution is 2.29. The van der Waals surface area contributed by atoms with Crippen molar-refractivity contribution < 1.29 is 0 Å². The van der Waals surface area contributed by atoms with E-state index < -0.39 is 0 Å². The van der Waals surface area contributed by atoms with Gasteiger partial charge >= 0.3 is 0 Å². The molecule has 0 bridgehead atoms. The monoisotopic (exact) mass is 308 g/mol. The van der Waals surface area contributed by atoms with Gasteiger partial charge in [-0.2, -0.15) is 5.26 Å². The maximum absolute atomic E-state index is 8.88. The number of aromatic nitrogens is 4. The number of nitrogens with zero attached hydrogens (tertiary/aromatic N) is 5. The zero-order valence-electron chi connectivity index (χ0n) is 11.2. The van der Waals surface area contributed by atoms with Crippen LogP contribution in [0.2, 0.25) is 5.15 Å². The van der Waals surface area contributed by atoms with Gasteiger partial charge in [0.2, 0.25) is 5.95 Å². The molecule has 0 amide bonds. The summed E-state index contributed by atoms with van der Waals surface area (Å²) in [4.78, 5) is 8.21. The van der Waals surface area contributed by atoms with Gasteiger partial charge < -0.3 is 5.73 Å². The molecule has 3 aromatic rings. The van der Waals surface area contributed by atoms with Crippen molar-refractivity contribution >= 4 is 17.5 Å². The molecule has 0 aliphatic rings. The molecule has 3 rings (SSSR count). The summed E-state index contributed by atoms with van der Waals surface area (Å²) < 4.78 is 0. The lowest BCUT2D eigenvalue weighted by Gasteiger charge is -2.08. The van der Waals surface area contributed by atoms with Gasteiger partial charge in [0.05, 0.1) is 11.6 Å². The number of pyridine rings is 1. The van der Waals surface area contributed by atoms with Crippen molar-refractivity contribution in [1.82, 2.24) is 20.2 Å². The molecule has 0 radical (unpaired) electrons. The lowest BCUT2D eigenvalue weighted by molar-refractivity contribution is 0.996. The largest absolute Gasteiger partial charge is 0.366 e. The Morgan fingerprint density at radius 2 is 1.77 bits per heavy atom. The van der Waals surface area contributed by atoms with Gasteiger partial charge in [0.25, 0.3) is 0 Å². The van der Waals surface area contributed by atoms with Gasteiger partial charge in [-0.1, -0.05) is 23.7 Å². The van der Waals surface area contributed by atoms with Crippen LogP contribution in [0.1, 0.15) is 5.56 Å². The summed E-state index contributed by atoms with van der Waals surface area (Å²) in [5, 5.41) is 17.2. The predicted molar refractivity (Wildman–Crippen MR) is 82.6 cm³/mol. The predicted octanol–water partition coefficient (Wildman–Crippen LogP) is 2.71. The normalized spacial score (nSPS) is 10.2. The van der Waals surface area contributed by atoms with E-state index in [4.69, 9.17) is 22.6 Å². The molecule has 0 unspecified atom stereocenters. The van der Waals surface area contributed by atoms with E-state index >= 15 is 0 Å². The highest BCUT2D eigenvalue weighted by molar-refractivity contribution is 6.29. The molecule has 0 spiro atoms. The number of rotatable bonds is 2. The van der Waals surface area contributed by atoms with Crippen LogP contribution in [0.5, 0.6) is 0 Å². The third-order valence-corrected chi connectivity index (χ3v) is 3.20. The summed E-state index contributed by atoms with van der Waals surface area (Å²) in [6, 6.07) is 12.5. The minimum Gasteiger partial charge on any atom is -0.366 e. The Bertz CT molecular complexity index is 870. The number of hydrogen-bond acceptors (Lipinski definition) is 6. The molecule has 2 aromatic heterocycles. The quantitative estimate of drug-likeness (QED) is 0.730. The van der Waals surface area contributed by atoms with Crippen LogP contribution >= 0.6 is 11.6 Å². The highest BCUT2D eigenvalue weighted by atomic mass is 35.5. The molecule has 1 aromatic carbocycles. The molecule has 6 nitrogen and oxygen atoms in total. The van der Waals surface area contributed by atoms with Crippen molar-refractivity contribution in [2.75, 3.05) is 5.73 Å². The van der Waals surface area contributed by atoms with Gasteiger partial charge in [0.1, 0.15) is 16.5 Å². The van der Waals surface area contributed by atoms with Gasteiger partial charge in [-0.05, 0) is 24.3 Å². The SMILES string of the molecule is N#Cc1ccc(-c2nc(N)nnc2-c2ccnc(Cl)c2)cc1. The van der Waals surface area contributed by atoms with Crippen molar-refractivity contribution in [3.63, 3.8) is 0 Å². The summed E-state index contributed by atoms with van der Waals surface area (Å²) in [6.45, 7) is 0. The Kier molecular flexibility index (Phi) is 3.64. The minimum absolute atomic E-state index is 0.0725. The van der Waals surface area contributed by atoms with Crippen LogP contribution in [0.25, 0.3) is 22.5 Å². The second-order valence-electron chi connectivity index (χ2n) is 4.42. The molecule has 0 fully saturated rings. The first-order chi connectivity index (χ1) is 10.7. The lowest BCUT2D eigenvalue weighted by atomic mass is 10.0. The van der Waals surface area contributed by atoms with E-state index in [9.17, 15) is 0 Å². The Labute approximate surface area is 131 Å². The molecule has 0 saturated carbocycles. The Hall–Kier alpha value is -3.04. The maximum Gasteiger partial charge on any atom is 0.240 e. The van der Waals surface area contributed by atoms with E-state index in [2.05, 4.69) is 26.2 Å². The zero-order chi connectivity index (χ0) is 15.5. The molecule has 0 saturated heterocycles. The van der Waals surface area contributed by atoms with E-state index in [-0.39, 0.29) is 5.95 Å². The van der Waals surface area contributed by atoms with Crippen molar-refractivity contribution in [1.29, 1.82) is 5.26 Å². The van der Waals surface area contributed by atoms with Crippen LogP contribution in [0.4, 0.5) is 5.95 Å². The maximum atomic E-state index is 8.88. The number of benzene rings is 1. The van der Waals surface area contributed by atoms with Crippen LogP contribution in [-0.4, -0.2) is 20.2 Å². The van der Waals surface area contributed by atoms with E-state index in [1.54, 1.807) is 42.6 Å². The average Bonchev–Trinajstić information content (AvgIpc) is 2.55. The van der Waals surface area contributed by atoms with Gasteiger partial charge in [-0.15, -0.1) is 10.2 Å². The lowest BCUT2D eigenvalue weighted by Crippen LogP contribution is -2.02. The molecular formula is C15H9ClN6. The third kappa shape index (κ3) is 2.71. The second kappa shape index (κ2) is 5.76. The molecule has 22 heavy (non-hydrogen) atoms. The van der Waals surface area contributed by atoms with Crippen LogP contribution in [0, 0.1) is 11.3 Å². The van der Waals surface area contributed by atoms with Crippen LogP contribution in [-0.2, 0) is 0 Å². The molecule has 7 heteroatoms. The number of nitrogen functional groups attached to an aromatic ring is 1. The van der Waals surface area contributed by atoms with Crippen LogP contribution < -0.4 is 5.73 Å². The van der Waals surface area contributed by atoms with Crippen LogP contribution in [0.15, 0.2) is 42.6 Å². The molecule has 0 aliphatic heterocycles. The van der Waals surface area contributed by atoms with Crippen molar-refractivity contribution in [3.05, 3.63) is 53.3 Å². The second-order valence-corrected chi connectivity index (χ2v) is 4.81. The molecular weight excluding hydrogens is 300 g/mol. The number of halogens is 1. The fraction of sp³-hybridized carbons (Fsp3) is 0. The zero-order valence-corrected chi connectivity index (χ0v) is 12.0.